The molecule has 0 bridgehead atoms. The molecular weight excluding hydrogens is 378 g/mol. The van der Waals surface area contributed by atoms with Gasteiger partial charge in [-0.2, -0.15) is 0 Å². The maximum absolute atomic E-state index is 12.5. The molecule has 2 aliphatic rings. The number of carbonyl (C=O) groups excluding carboxylic acids is 1. The van der Waals surface area contributed by atoms with Crippen LogP contribution in [0, 0.1) is 6.92 Å². The quantitative estimate of drug-likeness (QED) is 0.683. The first-order chi connectivity index (χ1) is 13.0. The van der Waals surface area contributed by atoms with Crippen LogP contribution >= 0.6 is 23.4 Å². The summed E-state index contributed by atoms with van der Waals surface area (Å²) in [4.78, 5) is 20.4. The zero-order chi connectivity index (χ0) is 19.2. The summed E-state index contributed by atoms with van der Waals surface area (Å²) in [5, 5.41) is 3.82. The first-order valence-electron chi connectivity index (χ1n) is 9.73. The fourth-order valence-corrected chi connectivity index (χ4v) is 4.57. The molecule has 4 nitrogen and oxygen atoms in total. The van der Waals surface area contributed by atoms with Crippen molar-refractivity contribution >= 4 is 35.0 Å². The molecule has 0 atom stereocenters. The molecule has 1 aromatic rings. The molecule has 1 N–H and O–H groups in total. The number of hydrogen-bond acceptors (Lipinski definition) is 4. The van der Waals surface area contributed by atoms with E-state index in [4.69, 9.17) is 11.6 Å². The molecule has 0 saturated carbocycles. The van der Waals surface area contributed by atoms with Crippen molar-refractivity contribution in [2.45, 2.75) is 39.5 Å². The predicted octanol–water partition coefficient (Wildman–Crippen LogP) is 4.41. The van der Waals surface area contributed by atoms with Gasteiger partial charge in [-0.15, -0.1) is 11.8 Å². The van der Waals surface area contributed by atoms with E-state index >= 15 is 0 Å². The average Bonchev–Trinajstić information content (AvgIpc) is 3.17. The third kappa shape index (κ3) is 5.59. The molecule has 0 radical (unpaired) electrons. The second-order valence-corrected chi connectivity index (χ2v) is 8.63. The van der Waals surface area contributed by atoms with Crippen molar-refractivity contribution in [1.82, 2.24) is 10.2 Å². The number of carbonyl (C=O) groups is 1. The van der Waals surface area contributed by atoms with Crippen LogP contribution in [0.3, 0.4) is 0 Å². The molecule has 6 heteroatoms. The molecule has 3 rings (SSSR count). The molecule has 0 aromatic heterocycles. The van der Waals surface area contributed by atoms with Gasteiger partial charge in [-0.1, -0.05) is 17.7 Å². The Labute approximate surface area is 171 Å². The van der Waals surface area contributed by atoms with Crippen LogP contribution in [0.1, 0.15) is 43.7 Å². The van der Waals surface area contributed by atoms with E-state index in [0.717, 1.165) is 58.4 Å². The van der Waals surface area contributed by atoms with Crippen molar-refractivity contribution in [3.8, 4) is 0 Å². The second kappa shape index (κ2) is 9.76. The van der Waals surface area contributed by atoms with E-state index in [1.807, 2.05) is 26.0 Å². The lowest BCUT2D eigenvalue weighted by atomic mass is 10.1. The number of benzene rings is 1. The molecule has 146 valence electrons. The van der Waals surface area contributed by atoms with Gasteiger partial charge in [-0.25, -0.2) is 0 Å². The first-order valence-corrected chi connectivity index (χ1v) is 11.1. The molecule has 27 heavy (non-hydrogen) atoms. The van der Waals surface area contributed by atoms with Gasteiger partial charge >= 0.3 is 0 Å². The van der Waals surface area contributed by atoms with E-state index < -0.39 is 0 Å². The van der Waals surface area contributed by atoms with Gasteiger partial charge in [0.2, 0.25) is 0 Å². The summed E-state index contributed by atoms with van der Waals surface area (Å²) in [6.07, 6.45) is 4.83. The normalized spacial score (nSPS) is 18.0. The Balaban J connectivity index is 1.50. The lowest BCUT2D eigenvalue weighted by Crippen LogP contribution is -2.28. The van der Waals surface area contributed by atoms with Gasteiger partial charge in [-0.3, -0.25) is 9.79 Å². The third-order valence-corrected chi connectivity index (χ3v) is 6.68. The Bertz CT molecular complexity index is 754. The van der Waals surface area contributed by atoms with Gasteiger partial charge in [0.05, 0.1) is 16.3 Å². The molecule has 0 aliphatic carbocycles. The van der Waals surface area contributed by atoms with Crippen LogP contribution in [0.4, 0.5) is 0 Å². The van der Waals surface area contributed by atoms with Crippen molar-refractivity contribution in [1.29, 1.82) is 0 Å². The largest absolute Gasteiger partial charge is 0.352 e. The molecular formula is C21H28ClN3OS. The van der Waals surface area contributed by atoms with E-state index in [-0.39, 0.29) is 5.91 Å². The van der Waals surface area contributed by atoms with Crippen molar-refractivity contribution in [2.75, 3.05) is 31.9 Å². The van der Waals surface area contributed by atoms with Crippen LogP contribution in [0.15, 0.2) is 33.8 Å². The third-order valence-electron chi connectivity index (χ3n) is 5.07. The Morgan fingerprint density at radius 1 is 1.26 bits per heavy atom. The van der Waals surface area contributed by atoms with Crippen LogP contribution in [-0.2, 0) is 4.79 Å². The number of aryl methyl sites for hydroxylation is 1. The Morgan fingerprint density at radius 3 is 2.74 bits per heavy atom. The average molecular weight is 406 g/mol. The van der Waals surface area contributed by atoms with Gasteiger partial charge in [0.15, 0.2) is 0 Å². The van der Waals surface area contributed by atoms with Gasteiger partial charge in [0.25, 0.3) is 5.91 Å². The summed E-state index contributed by atoms with van der Waals surface area (Å²) in [5.74, 6) is 0.713. The highest BCUT2D eigenvalue weighted by Crippen LogP contribution is 2.28. The van der Waals surface area contributed by atoms with Gasteiger partial charge in [0, 0.05) is 17.3 Å². The number of allylic oxidation sites excluding steroid dienone is 1. The van der Waals surface area contributed by atoms with E-state index in [9.17, 15) is 4.79 Å². The summed E-state index contributed by atoms with van der Waals surface area (Å²) in [6, 6.07) is 5.96. The first kappa shape index (κ1) is 20.4. The van der Waals surface area contributed by atoms with Crippen LogP contribution < -0.4 is 5.32 Å². The van der Waals surface area contributed by atoms with Crippen molar-refractivity contribution < 1.29 is 4.79 Å². The lowest BCUT2D eigenvalue weighted by molar-refractivity contribution is -0.116. The summed E-state index contributed by atoms with van der Waals surface area (Å²) < 4.78 is 0. The molecule has 0 unspecified atom stereocenters. The number of unbranched alkanes of at least 4 members (excludes halogenated alkanes) is 1. The fourth-order valence-electron chi connectivity index (χ4n) is 3.48. The SMILES string of the molecule is CC1=C(C(=O)NCCCCN2CCCC2)SCC(c2ccc(Cl)c(C)c2)=N1. The van der Waals surface area contributed by atoms with E-state index in [0.29, 0.717) is 5.75 Å². The Hall–Kier alpha value is -1.30. The van der Waals surface area contributed by atoms with Crippen molar-refractivity contribution in [3.05, 3.63) is 45.0 Å². The van der Waals surface area contributed by atoms with Crippen LogP contribution in [-0.4, -0.2) is 48.5 Å². The molecule has 1 amide bonds. The zero-order valence-corrected chi connectivity index (χ0v) is 17.8. The number of rotatable bonds is 7. The molecule has 2 heterocycles. The van der Waals surface area contributed by atoms with E-state index in [1.165, 1.54) is 25.9 Å². The van der Waals surface area contributed by atoms with Crippen LogP contribution in [0.25, 0.3) is 0 Å². The van der Waals surface area contributed by atoms with Crippen LogP contribution in [0.5, 0.6) is 0 Å². The maximum atomic E-state index is 12.5. The number of nitrogens with one attached hydrogen (secondary N) is 1. The maximum Gasteiger partial charge on any atom is 0.259 e. The number of aliphatic imine (C=N–C) groups is 1. The summed E-state index contributed by atoms with van der Waals surface area (Å²) in [6.45, 7) is 8.27. The smallest absolute Gasteiger partial charge is 0.259 e. The van der Waals surface area contributed by atoms with Gasteiger partial charge in [0.1, 0.15) is 0 Å². The number of nitrogens with zero attached hydrogens (tertiary/aromatic N) is 2. The predicted molar refractivity (Wildman–Crippen MR) is 116 cm³/mol. The number of halogens is 1. The second-order valence-electron chi connectivity index (χ2n) is 7.24. The highest BCUT2D eigenvalue weighted by atomic mass is 35.5. The number of likely N-dealkylation sites (tertiary alicyclic amines) is 1. The minimum atomic E-state index is 0.00811. The molecule has 0 spiro atoms. The molecule has 2 aliphatic heterocycles. The van der Waals surface area contributed by atoms with Crippen LogP contribution in [0.2, 0.25) is 5.02 Å². The van der Waals surface area contributed by atoms with Gasteiger partial charge < -0.3 is 10.2 Å². The lowest BCUT2D eigenvalue weighted by Gasteiger charge is -2.18. The monoisotopic (exact) mass is 405 g/mol. The van der Waals surface area contributed by atoms with E-state index in [2.05, 4.69) is 21.3 Å². The summed E-state index contributed by atoms with van der Waals surface area (Å²) in [7, 11) is 0. The fraction of sp³-hybridized carbons (Fsp3) is 0.524. The minimum absolute atomic E-state index is 0.00811. The molecule has 1 saturated heterocycles. The Kier molecular flexibility index (Phi) is 7.39. The molecule has 1 aromatic carbocycles. The zero-order valence-electron chi connectivity index (χ0n) is 16.2. The highest BCUT2D eigenvalue weighted by molar-refractivity contribution is 8.04. The standard InChI is InChI=1S/C21H28ClN3OS/c1-15-13-17(7-8-18(15)22)19-14-27-20(16(2)24-19)21(26)23-9-3-4-10-25-11-5-6-12-25/h7-8,13H,3-6,9-12,14H2,1-2H3,(H,23,26). The minimum Gasteiger partial charge on any atom is -0.352 e. The van der Waals surface area contributed by atoms with Crippen molar-refractivity contribution in [2.24, 2.45) is 4.99 Å². The summed E-state index contributed by atoms with van der Waals surface area (Å²) >= 11 is 7.68. The number of hydrogen-bond donors (Lipinski definition) is 1. The van der Waals surface area contributed by atoms with Gasteiger partial charge in [-0.05, 0) is 82.4 Å². The number of thioether (sulfide) groups is 1. The topological polar surface area (TPSA) is 44.7 Å². The highest BCUT2D eigenvalue weighted by Gasteiger charge is 2.20. The summed E-state index contributed by atoms with van der Waals surface area (Å²) in [5.41, 5.74) is 3.91. The molecule has 1 fully saturated rings. The van der Waals surface area contributed by atoms with E-state index in [1.54, 1.807) is 11.8 Å². The Morgan fingerprint density at radius 2 is 2.04 bits per heavy atom. The van der Waals surface area contributed by atoms with Crippen molar-refractivity contribution in [3.63, 3.8) is 0 Å². The number of amides is 1.